The number of aromatic nitrogens is 1. The van der Waals surface area contributed by atoms with Gasteiger partial charge in [-0.25, -0.2) is 0 Å². The molecule has 0 saturated carbocycles. The molecule has 1 aromatic carbocycles. The lowest BCUT2D eigenvalue weighted by atomic mass is 10.0. The summed E-state index contributed by atoms with van der Waals surface area (Å²) in [4.78, 5) is 17.1. The maximum atomic E-state index is 12.2. The third kappa shape index (κ3) is 3.20. The first kappa shape index (κ1) is 14.6. The minimum atomic E-state index is -0.374. The maximum absolute atomic E-state index is 12.2. The molecule has 1 unspecified atom stereocenters. The zero-order valence-electron chi connectivity index (χ0n) is 12.3. The Labute approximate surface area is 119 Å². The highest BCUT2D eigenvalue weighted by Gasteiger charge is 2.14. The van der Waals surface area contributed by atoms with Crippen LogP contribution in [0.4, 0.5) is 0 Å². The molecule has 0 radical (unpaired) electrons. The van der Waals surface area contributed by atoms with E-state index in [2.05, 4.69) is 18.0 Å². The molecule has 4 nitrogen and oxygen atoms in total. The summed E-state index contributed by atoms with van der Waals surface area (Å²) < 4.78 is 0. The fourth-order valence-electron chi connectivity index (χ4n) is 2.39. The van der Waals surface area contributed by atoms with Crippen molar-refractivity contribution in [3.05, 3.63) is 35.5 Å². The highest BCUT2D eigenvalue weighted by atomic mass is 16.3. The van der Waals surface area contributed by atoms with Gasteiger partial charge in [-0.2, -0.15) is 0 Å². The molecule has 0 bridgehead atoms. The van der Waals surface area contributed by atoms with Gasteiger partial charge in [0.2, 0.25) is 5.91 Å². The molecule has 4 heteroatoms. The van der Waals surface area contributed by atoms with Gasteiger partial charge < -0.3 is 15.0 Å². The third-order valence-corrected chi connectivity index (χ3v) is 3.65. The number of carbonyl (C=O) groups excluding carboxylic acids is 1. The summed E-state index contributed by atoms with van der Waals surface area (Å²) in [5.41, 5.74) is 3.28. The molecule has 20 heavy (non-hydrogen) atoms. The number of benzene rings is 1. The van der Waals surface area contributed by atoms with Gasteiger partial charge in [-0.05, 0) is 37.5 Å². The van der Waals surface area contributed by atoms with Crippen LogP contribution in [-0.2, 0) is 11.2 Å². The minimum Gasteiger partial charge on any atom is -0.393 e. The molecule has 108 valence electrons. The Balaban J connectivity index is 2.10. The molecule has 1 aromatic heterocycles. The summed E-state index contributed by atoms with van der Waals surface area (Å²) in [5, 5.41) is 10.4. The van der Waals surface area contributed by atoms with E-state index in [4.69, 9.17) is 0 Å². The quantitative estimate of drug-likeness (QED) is 0.878. The number of nitrogens with one attached hydrogen (secondary N) is 1. The van der Waals surface area contributed by atoms with Gasteiger partial charge in [-0.3, -0.25) is 4.79 Å². The number of aromatic amines is 1. The number of rotatable bonds is 5. The predicted octanol–water partition coefficient (Wildman–Crippen LogP) is 2.25. The van der Waals surface area contributed by atoms with Gasteiger partial charge in [0.25, 0.3) is 0 Å². The van der Waals surface area contributed by atoms with Crippen LogP contribution in [0.25, 0.3) is 10.9 Å². The fourth-order valence-corrected chi connectivity index (χ4v) is 2.39. The average molecular weight is 274 g/mol. The highest BCUT2D eigenvalue weighted by molar-refractivity contribution is 5.90. The van der Waals surface area contributed by atoms with Crippen molar-refractivity contribution in [1.29, 1.82) is 0 Å². The molecule has 0 aliphatic heterocycles. The van der Waals surface area contributed by atoms with Crippen molar-refractivity contribution in [2.45, 2.75) is 32.8 Å². The summed E-state index contributed by atoms with van der Waals surface area (Å²) in [6, 6.07) is 6.09. The molecular weight excluding hydrogens is 252 g/mol. The number of likely N-dealkylation sites (N-methyl/N-ethyl adjacent to an activating group) is 1. The second-order valence-corrected chi connectivity index (χ2v) is 5.44. The van der Waals surface area contributed by atoms with Crippen molar-refractivity contribution in [3.63, 3.8) is 0 Å². The van der Waals surface area contributed by atoms with Crippen molar-refractivity contribution in [2.24, 2.45) is 0 Å². The number of nitrogens with zero attached hydrogens (tertiary/aromatic N) is 1. The first-order chi connectivity index (χ1) is 9.49. The van der Waals surface area contributed by atoms with Gasteiger partial charge in [-0.1, -0.05) is 12.1 Å². The van der Waals surface area contributed by atoms with Gasteiger partial charge in [0.05, 0.1) is 12.5 Å². The number of amides is 1. The Hall–Kier alpha value is -1.81. The second-order valence-electron chi connectivity index (χ2n) is 5.44. The monoisotopic (exact) mass is 274 g/mol. The number of aliphatic hydroxyl groups is 1. The molecule has 0 saturated heterocycles. The van der Waals surface area contributed by atoms with E-state index < -0.39 is 0 Å². The number of aryl methyl sites for hydroxylation is 1. The normalized spacial score (nSPS) is 12.6. The molecule has 1 amide bonds. The van der Waals surface area contributed by atoms with Crippen molar-refractivity contribution in [2.75, 3.05) is 13.6 Å². The lowest BCUT2D eigenvalue weighted by Gasteiger charge is -2.18. The average Bonchev–Trinajstić information content (AvgIpc) is 2.80. The molecule has 2 rings (SSSR count). The first-order valence-electron chi connectivity index (χ1n) is 6.96. The lowest BCUT2D eigenvalue weighted by Crippen LogP contribution is -2.30. The fraction of sp³-hybridized carbons (Fsp3) is 0.438. The summed E-state index contributed by atoms with van der Waals surface area (Å²) in [5.74, 6) is 0.0785. The lowest BCUT2D eigenvalue weighted by molar-refractivity contribution is -0.129. The van der Waals surface area contributed by atoms with Crippen LogP contribution in [0, 0.1) is 6.92 Å². The zero-order chi connectivity index (χ0) is 14.7. The molecule has 0 fully saturated rings. The molecule has 2 N–H and O–H groups in total. The van der Waals surface area contributed by atoms with Crippen LogP contribution in [0.15, 0.2) is 24.4 Å². The van der Waals surface area contributed by atoms with Crippen molar-refractivity contribution in [3.8, 4) is 0 Å². The van der Waals surface area contributed by atoms with E-state index in [0.29, 0.717) is 19.4 Å². The summed E-state index contributed by atoms with van der Waals surface area (Å²) in [6.45, 7) is 4.38. The zero-order valence-corrected chi connectivity index (χ0v) is 12.3. The molecule has 2 aromatic rings. The second kappa shape index (κ2) is 6.09. The number of hydrogen-bond donors (Lipinski definition) is 2. The van der Waals surface area contributed by atoms with Gasteiger partial charge in [0.15, 0.2) is 0 Å². The van der Waals surface area contributed by atoms with Crippen LogP contribution < -0.4 is 0 Å². The number of fused-ring (bicyclic) bond motifs is 1. The number of H-pyrrole nitrogens is 1. The topological polar surface area (TPSA) is 56.3 Å². The van der Waals surface area contributed by atoms with E-state index in [0.717, 1.165) is 16.5 Å². The van der Waals surface area contributed by atoms with E-state index in [-0.39, 0.29) is 12.0 Å². The Bertz CT molecular complexity index is 602. The van der Waals surface area contributed by atoms with Crippen molar-refractivity contribution in [1.82, 2.24) is 9.88 Å². The molecule has 0 spiro atoms. The number of aliphatic hydroxyl groups excluding tert-OH is 1. The minimum absolute atomic E-state index is 0.0785. The third-order valence-electron chi connectivity index (χ3n) is 3.65. The SMILES string of the molecule is Cc1cccc2[nH]cc(CC(=O)N(C)CCC(C)O)c12. The molecule has 0 aliphatic carbocycles. The van der Waals surface area contributed by atoms with Crippen LogP contribution in [0.3, 0.4) is 0 Å². The van der Waals surface area contributed by atoms with Crippen molar-refractivity contribution < 1.29 is 9.90 Å². The smallest absolute Gasteiger partial charge is 0.226 e. The van der Waals surface area contributed by atoms with Crippen LogP contribution in [-0.4, -0.2) is 40.6 Å². The standard InChI is InChI=1S/C16H22N2O2/c1-11-5-4-6-14-16(11)13(10-17-14)9-15(20)18(3)8-7-12(2)19/h4-6,10,12,17,19H,7-9H2,1-3H3. The maximum Gasteiger partial charge on any atom is 0.226 e. The van der Waals surface area contributed by atoms with Gasteiger partial charge >= 0.3 is 0 Å². The molecule has 1 heterocycles. The van der Waals surface area contributed by atoms with Gasteiger partial charge in [-0.15, -0.1) is 0 Å². The number of carbonyl (C=O) groups is 1. The van der Waals surface area contributed by atoms with E-state index in [9.17, 15) is 9.90 Å². The summed E-state index contributed by atoms with van der Waals surface area (Å²) >= 11 is 0. The Morgan fingerprint density at radius 2 is 2.20 bits per heavy atom. The summed E-state index contributed by atoms with van der Waals surface area (Å²) in [6.07, 6.45) is 2.54. The van der Waals surface area contributed by atoms with Crippen LogP contribution in [0.1, 0.15) is 24.5 Å². The molecule has 0 aliphatic rings. The highest BCUT2D eigenvalue weighted by Crippen LogP contribution is 2.22. The van der Waals surface area contributed by atoms with Gasteiger partial charge in [0.1, 0.15) is 0 Å². The van der Waals surface area contributed by atoms with E-state index in [1.165, 1.54) is 5.56 Å². The molecular formula is C16H22N2O2. The van der Waals surface area contributed by atoms with Crippen LogP contribution in [0.2, 0.25) is 0 Å². The first-order valence-corrected chi connectivity index (χ1v) is 6.96. The van der Waals surface area contributed by atoms with E-state index >= 15 is 0 Å². The predicted molar refractivity (Wildman–Crippen MR) is 80.7 cm³/mol. The Kier molecular flexibility index (Phi) is 4.45. The van der Waals surface area contributed by atoms with Crippen LogP contribution in [0.5, 0.6) is 0 Å². The van der Waals surface area contributed by atoms with Gasteiger partial charge in [0, 0.05) is 30.7 Å². The molecule has 1 atom stereocenters. The van der Waals surface area contributed by atoms with Crippen molar-refractivity contribution >= 4 is 16.8 Å². The van der Waals surface area contributed by atoms with Crippen LogP contribution >= 0.6 is 0 Å². The Morgan fingerprint density at radius 1 is 1.45 bits per heavy atom. The summed E-state index contributed by atoms with van der Waals surface area (Å²) in [7, 11) is 1.78. The van der Waals surface area contributed by atoms with E-state index in [1.807, 2.05) is 18.3 Å². The Morgan fingerprint density at radius 3 is 2.90 bits per heavy atom. The number of hydrogen-bond acceptors (Lipinski definition) is 2. The van der Waals surface area contributed by atoms with E-state index in [1.54, 1.807) is 18.9 Å². The largest absolute Gasteiger partial charge is 0.393 e.